The molecule has 0 bridgehead atoms. The van der Waals surface area contributed by atoms with Crippen LogP contribution in [0.1, 0.15) is 0 Å². The van der Waals surface area contributed by atoms with E-state index in [-0.39, 0.29) is 5.69 Å². The van der Waals surface area contributed by atoms with Crippen LogP contribution in [0, 0.1) is 10.1 Å². The summed E-state index contributed by atoms with van der Waals surface area (Å²) in [6.07, 6.45) is 0. The number of ether oxygens (including phenoxy) is 1. The molecule has 0 saturated heterocycles. The number of benzene rings is 2. The standard InChI is InChI=1S/C13H10ClNO3S/c1-18-12-8-10(15(16)17)4-7-13(12)19-11-5-2-9(14)3-6-11/h2-8H,1H3. The highest BCUT2D eigenvalue weighted by Gasteiger charge is 2.12. The second kappa shape index (κ2) is 5.95. The fraction of sp³-hybridized carbons (Fsp3) is 0.0769. The minimum Gasteiger partial charge on any atom is -0.495 e. The molecule has 2 aromatic rings. The molecule has 0 aromatic heterocycles. The van der Waals surface area contributed by atoms with Crippen LogP contribution in [0.25, 0.3) is 0 Å². The highest BCUT2D eigenvalue weighted by molar-refractivity contribution is 7.99. The predicted octanol–water partition coefficient (Wildman–Crippen LogP) is 4.41. The monoisotopic (exact) mass is 295 g/mol. The maximum atomic E-state index is 10.7. The van der Waals surface area contributed by atoms with Crippen molar-refractivity contribution in [2.45, 2.75) is 9.79 Å². The molecule has 0 spiro atoms. The summed E-state index contributed by atoms with van der Waals surface area (Å²) in [4.78, 5) is 12.1. The van der Waals surface area contributed by atoms with Gasteiger partial charge in [-0.15, -0.1) is 0 Å². The molecule has 0 aliphatic rings. The number of hydrogen-bond acceptors (Lipinski definition) is 4. The van der Waals surface area contributed by atoms with Gasteiger partial charge in [0.15, 0.2) is 0 Å². The van der Waals surface area contributed by atoms with Crippen molar-refractivity contribution in [1.82, 2.24) is 0 Å². The van der Waals surface area contributed by atoms with Crippen molar-refractivity contribution in [2.75, 3.05) is 7.11 Å². The molecule has 2 aromatic carbocycles. The molecular weight excluding hydrogens is 286 g/mol. The van der Waals surface area contributed by atoms with Crippen molar-refractivity contribution in [2.24, 2.45) is 0 Å². The van der Waals surface area contributed by atoms with Gasteiger partial charge in [0.25, 0.3) is 5.69 Å². The first kappa shape index (κ1) is 13.7. The smallest absolute Gasteiger partial charge is 0.273 e. The van der Waals surface area contributed by atoms with Gasteiger partial charge in [-0.05, 0) is 30.3 Å². The lowest BCUT2D eigenvalue weighted by Crippen LogP contribution is -1.91. The number of methoxy groups -OCH3 is 1. The Morgan fingerprint density at radius 2 is 1.89 bits per heavy atom. The second-order valence-electron chi connectivity index (χ2n) is 3.65. The van der Waals surface area contributed by atoms with Crippen molar-refractivity contribution in [3.05, 3.63) is 57.6 Å². The van der Waals surface area contributed by atoms with Crippen LogP contribution in [0.15, 0.2) is 52.3 Å². The molecule has 0 saturated carbocycles. The molecule has 19 heavy (non-hydrogen) atoms. The summed E-state index contributed by atoms with van der Waals surface area (Å²) in [5.41, 5.74) is 0.0114. The van der Waals surface area contributed by atoms with Crippen LogP contribution < -0.4 is 4.74 Å². The van der Waals surface area contributed by atoms with Gasteiger partial charge < -0.3 is 4.74 Å². The predicted molar refractivity (Wildman–Crippen MR) is 75.2 cm³/mol. The quantitative estimate of drug-likeness (QED) is 0.619. The first-order chi connectivity index (χ1) is 9.10. The Labute approximate surface area is 119 Å². The van der Waals surface area contributed by atoms with Crippen LogP contribution in [0.2, 0.25) is 5.02 Å². The molecule has 0 aliphatic heterocycles. The number of halogens is 1. The van der Waals surface area contributed by atoms with Gasteiger partial charge in [-0.1, -0.05) is 23.4 Å². The molecular formula is C13H10ClNO3S. The van der Waals surface area contributed by atoms with E-state index in [1.807, 2.05) is 12.1 Å². The lowest BCUT2D eigenvalue weighted by Gasteiger charge is -2.07. The Hall–Kier alpha value is -1.72. The third-order valence-electron chi connectivity index (χ3n) is 2.40. The first-order valence-corrected chi connectivity index (χ1v) is 6.55. The van der Waals surface area contributed by atoms with Crippen LogP contribution in [0.3, 0.4) is 0 Å². The van der Waals surface area contributed by atoms with Crippen molar-refractivity contribution >= 4 is 29.1 Å². The van der Waals surface area contributed by atoms with E-state index in [4.69, 9.17) is 16.3 Å². The van der Waals surface area contributed by atoms with Crippen molar-refractivity contribution < 1.29 is 9.66 Å². The molecule has 2 rings (SSSR count). The fourth-order valence-electron chi connectivity index (χ4n) is 1.48. The summed E-state index contributed by atoms with van der Waals surface area (Å²) in [7, 11) is 1.49. The van der Waals surface area contributed by atoms with Gasteiger partial charge >= 0.3 is 0 Å². The van der Waals surface area contributed by atoms with Gasteiger partial charge in [0.1, 0.15) is 5.75 Å². The molecule has 0 N–H and O–H groups in total. The van der Waals surface area contributed by atoms with E-state index < -0.39 is 4.92 Å². The fourth-order valence-corrected chi connectivity index (χ4v) is 2.51. The summed E-state index contributed by atoms with van der Waals surface area (Å²) in [6, 6.07) is 11.9. The molecule has 0 atom stereocenters. The van der Waals surface area contributed by atoms with Crippen LogP contribution in [-0.4, -0.2) is 12.0 Å². The molecule has 0 amide bonds. The summed E-state index contributed by atoms with van der Waals surface area (Å²) in [5, 5.41) is 11.4. The Morgan fingerprint density at radius 3 is 2.47 bits per heavy atom. The third kappa shape index (κ3) is 3.39. The highest BCUT2D eigenvalue weighted by Crippen LogP contribution is 2.37. The van der Waals surface area contributed by atoms with Crippen LogP contribution in [-0.2, 0) is 0 Å². The molecule has 0 radical (unpaired) electrons. The minimum atomic E-state index is -0.445. The van der Waals surface area contributed by atoms with E-state index in [0.717, 1.165) is 9.79 Å². The summed E-state index contributed by atoms with van der Waals surface area (Å²) >= 11 is 7.28. The van der Waals surface area contributed by atoms with Crippen molar-refractivity contribution in [3.63, 3.8) is 0 Å². The Balaban J connectivity index is 2.29. The Bertz CT molecular complexity index is 601. The Morgan fingerprint density at radius 1 is 1.21 bits per heavy atom. The molecule has 0 aliphatic carbocycles. The highest BCUT2D eigenvalue weighted by atomic mass is 35.5. The summed E-state index contributed by atoms with van der Waals surface area (Å²) in [5.74, 6) is 0.481. The van der Waals surface area contributed by atoms with Gasteiger partial charge in [0, 0.05) is 16.0 Å². The zero-order valence-corrected chi connectivity index (χ0v) is 11.6. The number of hydrogen-bond donors (Lipinski definition) is 0. The minimum absolute atomic E-state index is 0.0114. The van der Waals surface area contributed by atoms with E-state index in [1.54, 1.807) is 18.2 Å². The molecule has 4 nitrogen and oxygen atoms in total. The zero-order valence-electron chi connectivity index (χ0n) is 10.00. The zero-order chi connectivity index (χ0) is 13.8. The number of nitrogens with zero attached hydrogens (tertiary/aromatic N) is 1. The SMILES string of the molecule is COc1cc([N+](=O)[O-])ccc1Sc1ccc(Cl)cc1. The van der Waals surface area contributed by atoms with Crippen molar-refractivity contribution in [3.8, 4) is 5.75 Å². The number of rotatable bonds is 4. The molecule has 6 heteroatoms. The molecule has 0 heterocycles. The normalized spacial score (nSPS) is 10.2. The van der Waals surface area contributed by atoms with Crippen LogP contribution in [0.4, 0.5) is 5.69 Å². The first-order valence-electron chi connectivity index (χ1n) is 5.36. The average molecular weight is 296 g/mol. The Kier molecular flexibility index (Phi) is 4.29. The lowest BCUT2D eigenvalue weighted by atomic mass is 10.3. The van der Waals surface area contributed by atoms with Gasteiger partial charge in [-0.3, -0.25) is 10.1 Å². The maximum Gasteiger partial charge on any atom is 0.273 e. The number of nitro benzene ring substituents is 1. The van der Waals surface area contributed by atoms with Gasteiger partial charge in [-0.25, -0.2) is 0 Å². The summed E-state index contributed by atoms with van der Waals surface area (Å²) in [6.45, 7) is 0. The largest absolute Gasteiger partial charge is 0.495 e. The van der Waals surface area contributed by atoms with Crippen LogP contribution >= 0.6 is 23.4 Å². The number of non-ortho nitro benzene ring substituents is 1. The van der Waals surface area contributed by atoms with E-state index >= 15 is 0 Å². The van der Waals surface area contributed by atoms with E-state index in [9.17, 15) is 10.1 Å². The van der Waals surface area contributed by atoms with E-state index in [0.29, 0.717) is 10.8 Å². The topological polar surface area (TPSA) is 52.4 Å². The van der Waals surface area contributed by atoms with Crippen LogP contribution in [0.5, 0.6) is 5.75 Å². The van der Waals surface area contributed by atoms with Crippen molar-refractivity contribution in [1.29, 1.82) is 0 Å². The second-order valence-corrected chi connectivity index (χ2v) is 5.20. The molecule has 98 valence electrons. The van der Waals surface area contributed by atoms with E-state index in [2.05, 4.69) is 0 Å². The third-order valence-corrected chi connectivity index (χ3v) is 3.72. The lowest BCUT2D eigenvalue weighted by molar-refractivity contribution is -0.385. The number of nitro groups is 1. The average Bonchev–Trinajstić information content (AvgIpc) is 2.41. The molecule has 0 unspecified atom stereocenters. The molecule has 0 fully saturated rings. The van der Waals surface area contributed by atoms with E-state index in [1.165, 1.54) is 31.0 Å². The van der Waals surface area contributed by atoms with Gasteiger partial charge in [-0.2, -0.15) is 0 Å². The van der Waals surface area contributed by atoms with Gasteiger partial charge in [0.2, 0.25) is 0 Å². The van der Waals surface area contributed by atoms with Gasteiger partial charge in [0.05, 0.1) is 23.0 Å². The summed E-state index contributed by atoms with van der Waals surface area (Å²) < 4.78 is 5.18. The maximum absolute atomic E-state index is 10.7.